The van der Waals surface area contributed by atoms with Crippen LogP contribution in [0.3, 0.4) is 0 Å². The number of carbonyl (C=O) groups excluding carboxylic acids is 1. The molecule has 7 nitrogen and oxygen atoms in total. The van der Waals surface area contributed by atoms with Gasteiger partial charge in [0.05, 0.1) is 19.9 Å². The van der Waals surface area contributed by atoms with Crippen molar-refractivity contribution in [2.75, 3.05) is 11.1 Å². The summed E-state index contributed by atoms with van der Waals surface area (Å²) < 4.78 is 29.5. The molecule has 0 aliphatic heterocycles. The van der Waals surface area contributed by atoms with Gasteiger partial charge in [0.1, 0.15) is 0 Å². The largest absolute Gasteiger partial charge is 0.403 e. The van der Waals surface area contributed by atoms with Crippen LogP contribution in [-0.4, -0.2) is 30.3 Å². The lowest BCUT2D eigenvalue weighted by Gasteiger charge is -2.01. The smallest absolute Gasteiger partial charge is 0.322 e. The predicted molar refractivity (Wildman–Crippen MR) is 94.7 cm³/mol. The average molecular weight is 398 g/mol. The number of benzene rings is 1. The minimum absolute atomic E-state index is 0.0236. The minimum Gasteiger partial charge on any atom is -0.403 e. The molecule has 0 aliphatic rings. The highest BCUT2D eigenvalue weighted by Gasteiger charge is 2.16. The molecule has 3 aromatic rings. The monoisotopic (exact) mass is 397 g/mol. The van der Waals surface area contributed by atoms with E-state index in [1.165, 1.54) is 12.1 Å². The topological polar surface area (TPSA) is 102 Å². The van der Waals surface area contributed by atoms with Crippen molar-refractivity contribution >= 4 is 44.7 Å². The van der Waals surface area contributed by atoms with E-state index in [1.54, 1.807) is 31.2 Å². The predicted octanol–water partition coefficient (Wildman–Crippen LogP) is 3.50. The van der Waals surface area contributed by atoms with Crippen molar-refractivity contribution in [2.24, 2.45) is 0 Å². The van der Waals surface area contributed by atoms with Crippen LogP contribution in [0.5, 0.6) is 0 Å². The minimum atomic E-state index is -3.27. The molecule has 1 aromatic carbocycles. The Morgan fingerprint density at radius 3 is 2.52 bits per heavy atom. The van der Waals surface area contributed by atoms with E-state index >= 15 is 0 Å². The van der Waals surface area contributed by atoms with Gasteiger partial charge in [-0.05, 0) is 36.4 Å². The van der Waals surface area contributed by atoms with Gasteiger partial charge >= 0.3 is 6.01 Å². The molecule has 0 fully saturated rings. The van der Waals surface area contributed by atoms with Crippen LogP contribution in [0.4, 0.5) is 6.01 Å². The Bertz CT molecular complexity index is 1010. The second kappa shape index (κ2) is 6.95. The van der Waals surface area contributed by atoms with Crippen LogP contribution in [0, 0.1) is 0 Å². The molecule has 0 spiro atoms. The van der Waals surface area contributed by atoms with Gasteiger partial charge in [0.2, 0.25) is 5.89 Å². The Labute approximate surface area is 152 Å². The van der Waals surface area contributed by atoms with E-state index in [-0.39, 0.29) is 22.6 Å². The Hall–Kier alpha value is -2.23. The van der Waals surface area contributed by atoms with Gasteiger partial charge in [0, 0.05) is 5.56 Å². The molecule has 1 N–H and O–H groups in total. The number of carbonyl (C=O) groups is 1. The maximum atomic E-state index is 12.0. The zero-order valence-corrected chi connectivity index (χ0v) is 15.3. The lowest BCUT2D eigenvalue weighted by molar-refractivity contribution is 0.102. The highest BCUT2D eigenvalue weighted by molar-refractivity contribution is 7.91. The number of anilines is 1. The Morgan fingerprint density at radius 2 is 1.92 bits per heavy atom. The van der Waals surface area contributed by atoms with Crippen molar-refractivity contribution in [1.82, 2.24) is 10.2 Å². The number of halogens is 1. The van der Waals surface area contributed by atoms with Gasteiger partial charge in [0.15, 0.2) is 9.84 Å². The van der Waals surface area contributed by atoms with Gasteiger partial charge in [-0.3, -0.25) is 10.1 Å². The first-order valence-electron chi connectivity index (χ1n) is 7.12. The van der Waals surface area contributed by atoms with E-state index in [9.17, 15) is 13.2 Å². The molecule has 2 heterocycles. The Kier molecular flexibility index (Phi) is 4.89. The summed E-state index contributed by atoms with van der Waals surface area (Å²) in [5.41, 5.74) is 0.544. The second-order valence-electron chi connectivity index (χ2n) is 4.90. The fraction of sp³-hybridized carbons (Fsp3) is 0.133. The van der Waals surface area contributed by atoms with Crippen LogP contribution in [-0.2, 0) is 9.84 Å². The number of hydrogen-bond donors (Lipinski definition) is 1. The van der Waals surface area contributed by atoms with Crippen LogP contribution < -0.4 is 5.32 Å². The Morgan fingerprint density at radius 1 is 1.20 bits per heavy atom. The molecule has 130 valence electrons. The number of nitrogens with zero attached hydrogens (tertiary/aromatic N) is 2. The van der Waals surface area contributed by atoms with Crippen molar-refractivity contribution in [1.29, 1.82) is 0 Å². The van der Waals surface area contributed by atoms with Gasteiger partial charge < -0.3 is 4.42 Å². The number of amides is 1. The van der Waals surface area contributed by atoms with Crippen LogP contribution in [0.1, 0.15) is 16.6 Å². The molecular weight excluding hydrogens is 386 g/mol. The fourth-order valence-electron chi connectivity index (χ4n) is 1.96. The average Bonchev–Trinajstić information content (AvgIpc) is 3.24. The maximum Gasteiger partial charge on any atom is 0.322 e. The fourth-order valence-corrected chi connectivity index (χ4v) is 3.78. The molecule has 0 unspecified atom stereocenters. The normalized spacial score (nSPS) is 11.4. The van der Waals surface area contributed by atoms with Crippen LogP contribution in [0.15, 0.2) is 45.7 Å². The summed E-state index contributed by atoms with van der Waals surface area (Å²) in [7, 11) is -3.27. The molecule has 10 heteroatoms. The highest BCUT2D eigenvalue weighted by Crippen LogP contribution is 2.24. The SMILES string of the molecule is CCS(=O)(=O)c1ccc(-c2nnc(NC(=O)c3ccc(Cl)s3)o2)cc1. The van der Waals surface area contributed by atoms with Crippen molar-refractivity contribution in [3.8, 4) is 11.5 Å². The molecule has 3 rings (SSSR count). The van der Waals surface area contributed by atoms with Crippen LogP contribution in [0.2, 0.25) is 4.34 Å². The van der Waals surface area contributed by atoms with Gasteiger partial charge in [-0.25, -0.2) is 8.42 Å². The standard InChI is InChI=1S/C15H12ClN3O4S2/c1-2-25(21,22)10-5-3-9(4-6-10)14-18-19-15(23-14)17-13(20)11-7-8-12(16)24-11/h3-8H,2H2,1H3,(H,17,19,20). The van der Waals surface area contributed by atoms with Gasteiger partial charge in [-0.1, -0.05) is 23.6 Å². The molecule has 2 aromatic heterocycles. The summed E-state index contributed by atoms with van der Waals surface area (Å²) in [4.78, 5) is 12.6. The number of rotatable bonds is 5. The quantitative estimate of drug-likeness (QED) is 0.706. The first-order valence-corrected chi connectivity index (χ1v) is 9.97. The van der Waals surface area contributed by atoms with Crippen molar-refractivity contribution in [2.45, 2.75) is 11.8 Å². The molecule has 0 atom stereocenters. The molecule has 0 bridgehead atoms. The first-order chi connectivity index (χ1) is 11.9. The number of hydrogen-bond acceptors (Lipinski definition) is 7. The number of thiophene rings is 1. The van der Waals surface area contributed by atoms with Crippen LogP contribution >= 0.6 is 22.9 Å². The van der Waals surface area contributed by atoms with Gasteiger partial charge in [-0.2, -0.15) is 0 Å². The summed E-state index contributed by atoms with van der Waals surface area (Å²) >= 11 is 6.92. The third kappa shape index (κ3) is 3.89. The lowest BCUT2D eigenvalue weighted by Crippen LogP contribution is -2.10. The van der Waals surface area contributed by atoms with Crippen molar-refractivity contribution in [3.63, 3.8) is 0 Å². The second-order valence-corrected chi connectivity index (χ2v) is 8.89. The molecule has 0 saturated carbocycles. The summed E-state index contributed by atoms with van der Waals surface area (Å²) in [5, 5.41) is 10.1. The maximum absolute atomic E-state index is 12.0. The molecule has 0 saturated heterocycles. The number of sulfone groups is 1. The van der Waals surface area contributed by atoms with Gasteiger partial charge in [-0.15, -0.1) is 16.4 Å². The van der Waals surface area contributed by atoms with E-state index in [4.69, 9.17) is 16.0 Å². The summed E-state index contributed by atoms with van der Waals surface area (Å²) in [6.45, 7) is 1.58. The van der Waals surface area contributed by atoms with E-state index < -0.39 is 15.7 Å². The third-order valence-corrected chi connectivity index (χ3v) is 6.26. The van der Waals surface area contributed by atoms with E-state index in [1.807, 2.05) is 0 Å². The summed E-state index contributed by atoms with van der Waals surface area (Å²) in [6.07, 6.45) is 0. The van der Waals surface area contributed by atoms with E-state index in [0.29, 0.717) is 14.8 Å². The third-order valence-electron chi connectivity index (χ3n) is 3.28. The van der Waals surface area contributed by atoms with Crippen molar-refractivity contribution in [3.05, 3.63) is 45.6 Å². The zero-order valence-electron chi connectivity index (χ0n) is 12.9. The molecular formula is C15H12ClN3O4S2. The number of aromatic nitrogens is 2. The lowest BCUT2D eigenvalue weighted by atomic mass is 10.2. The molecule has 1 amide bonds. The Balaban J connectivity index is 1.76. The number of nitrogens with one attached hydrogen (secondary N) is 1. The molecule has 0 radical (unpaired) electrons. The van der Waals surface area contributed by atoms with E-state index in [2.05, 4.69) is 15.5 Å². The first kappa shape index (κ1) is 17.6. The summed E-state index contributed by atoms with van der Waals surface area (Å²) in [6, 6.07) is 9.24. The van der Waals surface area contributed by atoms with Crippen molar-refractivity contribution < 1.29 is 17.6 Å². The van der Waals surface area contributed by atoms with Gasteiger partial charge in [0.25, 0.3) is 5.91 Å². The molecule has 25 heavy (non-hydrogen) atoms. The molecule has 0 aliphatic carbocycles. The van der Waals surface area contributed by atoms with E-state index in [0.717, 1.165) is 11.3 Å². The highest BCUT2D eigenvalue weighted by atomic mass is 35.5. The zero-order chi connectivity index (χ0) is 18.0. The summed E-state index contributed by atoms with van der Waals surface area (Å²) in [5.74, 6) is -0.216. The van der Waals surface area contributed by atoms with Crippen LogP contribution in [0.25, 0.3) is 11.5 Å².